The number of aromatic nitrogens is 1. The number of pyridine rings is 1. The number of rotatable bonds is 5. The molecule has 0 aliphatic carbocycles. The summed E-state index contributed by atoms with van der Waals surface area (Å²) in [6.45, 7) is 1.42. The van der Waals surface area contributed by atoms with Crippen LogP contribution in [0.25, 0.3) is 0 Å². The molecular formula is C17H17NO. The number of hydrogen-bond acceptors (Lipinski definition) is 2. The van der Waals surface area contributed by atoms with Crippen LogP contribution in [0.15, 0.2) is 54.7 Å². The van der Waals surface area contributed by atoms with Gasteiger partial charge in [-0.1, -0.05) is 42.3 Å². The van der Waals surface area contributed by atoms with E-state index in [1.807, 2.05) is 36.4 Å². The predicted octanol–water partition coefficient (Wildman–Crippen LogP) is 3.43. The fraction of sp³-hybridized carbons (Fsp3) is 0.235. The lowest BCUT2D eigenvalue weighted by Crippen LogP contribution is -1.94. The molecule has 0 fully saturated rings. The van der Waals surface area contributed by atoms with Gasteiger partial charge >= 0.3 is 0 Å². The normalized spacial score (nSPS) is 9.68. The van der Waals surface area contributed by atoms with Crippen LogP contribution in [0.1, 0.15) is 24.1 Å². The first-order valence-electron chi connectivity index (χ1n) is 6.47. The number of unbranched alkanes of at least 4 members (excludes halogenated alkanes) is 1. The molecule has 0 N–H and O–H groups in total. The molecule has 0 saturated carbocycles. The SMILES string of the molecule is C(#Cc1ccccn1)CCCOCc1ccccc1. The number of hydrogen-bond donors (Lipinski definition) is 0. The summed E-state index contributed by atoms with van der Waals surface area (Å²) < 4.78 is 5.59. The van der Waals surface area contributed by atoms with E-state index in [1.165, 1.54) is 5.56 Å². The standard InChI is InChI=1S/C17H17NO/c1-3-9-16(10-4-1)15-19-14-8-2-5-11-17-12-6-7-13-18-17/h1,3-4,6-7,9-10,12-13H,2,8,14-15H2. The number of benzene rings is 1. The third-order valence-electron chi connectivity index (χ3n) is 2.58. The Morgan fingerprint density at radius 1 is 1.00 bits per heavy atom. The van der Waals surface area contributed by atoms with Crippen LogP contribution < -0.4 is 0 Å². The summed E-state index contributed by atoms with van der Waals surface area (Å²) in [5, 5.41) is 0. The van der Waals surface area contributed by atoms with Crippen LogP contribution in [0.4, 0.5) is 0 Å². The van der Waals surface area contributed by atoms with Crippen molar-refractivity contribution >= 4 is 0 Å². The van der Waals surface area contributed by atoms with E-state index in [4.69, 9.17) is 4.74 Å². The first kappa shape index (κ1) is 13.3. The van der Waals surface area contributed by atoms with Crippen LogP contribution in [-0.4, -0.2) is 11.6 Å². The Labute approximate surface area is 114 Å². The maximum absolute atomic E-state index is 5.59. The highest BCUT2D eigenvalue weighted by molar-refractivity contribution is 5.26. The summed E-state index contributed by atoms with van der Waals surface area (Å²) in [5.41, 5.74) is 2.04. The van der Waals surface area contributed by atoms with E-state index in [0.29, 0.717) is 6.61 Å². The molecule has 0 aliphatic heterocycles. The smallest absolute Gasteiger partial charge is 0.113 e. The van der Waals surface area contributed by atoms with E-state index in [1.54, 1.807) is 6.20 Å². The van der Waals surface area contributed by atoms with Crippen LogP contribution in [-0.2, 0) is 11.3 Å². The van der Waals surface area contributed by atoms with Crippen LogP contribution in [0, 0.1) is 11.8 Å². The minimum atomic E-state index is 0.675. The summed E-state index contributed by atoms with van der Waals surface area (Å²) in [6.07, 6.45) is 3.55. The average Bonchev–Trinajstić information content (AvgIpc) is 2.48. The molecule has 2 heteroatoms. The monoisotopic (exact) mass is 251 g/mol. The molecule has 0 unspecified atom stereocenters. The van der Waals surface area contributed by atoms with Gasteiger partial charge in [0, 0.05) is 19.2 Å². The Morgan fingerprint density at radius 3 is 2.63 bits per heavy atom. The third-order valence-corrected chi connectivity index (χ3v) is 2.58. The van der Waals surface area contributed by atoms with Crippen LogP contribution in [0.2, 0.25) is 0 Å². The second-order valence-electron chi connectivity index (χ2n) is 4.16. The zero-order valence-electron chi connectivity index (χ0n) is 10.9. The molecule has 0 spiro atoms. The van der Waals surface area contributed by atoms with Crippen molar-refractivity contribution < 1.29 is 4.74 Å². The highest BCUT2D eigenvalue weighted by Crippen LogP contribution is 2.01. The van der Waals surface area contributed by atoms with Gasteiger partial charge in [0.25, 0.3) is 0 Å². The molecule has 0 aliphatic rings. The van der Waals surface area contributed by atoms with Crippen LogP contribution in [0.5, 0.6) is 0 Å². The second kappa shape index (κ2) is 8.07. The van der Waals surface area contributed by atoms with Gasteiger partial charge in [0.15, 0.2) is 0 Å². The van der Waals surface area contributed by atoms with Crippen molar-refractivity contribution in [1.82, 2.24) is 4.98 Å². The molecule has 2 aromatic rings. The van der Waals surface area contributed by atoms with Crippen LogP contribution in [0.3, 0.4) is 0 Å². The molecule has 19 heavy (non-hydrogen) atoms. The van der Waals surface area contributed by atoms with E-state index in [0.717, 1.165) is 25.1 Å². The molecule has 1 aromatic heterocycles. The highest BCUT2D eigenvalue weighted by Gasteiger charge is 1.91. The van der Waals surface area contributed by atoms with Gasteiger partial charge in [-0.15, -0.1) is 0 Å². The number of nitrogens with zero attached hydrogens (tertiary/aromatic N) is 1. The van der Waals surface area contributed by atoms with Crippen molar-refractivity contribution in [3.63, 3.8) is 0 Å². The molecule has 0 amide bonds. The zero-order chi connectivity index (χ0) is 13.2. The Kier molecular flexibility index (Phi) is 5.66. The Hall–Kier alpha value is -2.11. The first-order valence-corrected chi connectivity index (χ1v) is 6.47. The van der Waals surface area contributed by atoms with Gasteiger partial charge in [-0.2, -0.15) is 0 Å². The van der Waals surface area contributed by atoms with Gasteiger partial charge in [0.1, 0.15) is 5.69 Å². The predicted molar refractivity (Wildman–Crippen MR) is 76.4 cm³/mol. The minimum Gasteiger partial charge on any atom is -0.377 e. The summed E-state index contributed by atoms with van der Waals surface area (Å²) in [5.74, 6) is 6.14. The third kappa shape index (κ3) is 5.37. The second-order valence-corrected chi connectivity index (χ2v) is 4.16. The maximum atomic E-state index is 5.59. The highest BCUT2D eigenvalue weighted by atomic mass is 16.5. The Bertz CT molecular complexity index is 525. The first-order chi connectivity index (χ1) is 9.45. The topological polar surface area (TPSA) is 22.1 Å². The molecule has 0 bridgehead atoms. The summed E-state index contributed by atoms with van der Waals surface area (Å²) in [4.78, 5) is 4.15. The molecular weight excluding hydrogens is 234 g/mol. The van der Waals surface area contributed by atoms with Gasteiger partial charge in [-0.05, 0) is 30.0 Å². The Morgan fingerprint density at radius 2 is 1.84 bits per heavy atom. The van der Waals surface area contributed by atoms with Gasteiger partial charge in [0.05, 0.1) is 6.61 Å². The van der Waals surface area contributed by atoms with Crippen molar-refractivity contribution in [2.75, 3.05) is 6.61 Å². The average molecular weight is 251 g/mol. The Balaban J connectivity index is 1.59. The largest absolute Gasteiger partial charge is 0.377 e. The molecule has 2 nitrogen and oxygen atoms in total. The van der Waals surface area contributed by atoms with E-state index >= 15 is 0 Å². The fourth-order valence-electron chi connectivity index (χ4n) is 1.62. The lowest BCUT2D eigenvalue weighted by Gasteiger charge is -2.02. The van der Waals surface area contributed by atoms with E-state index in [9.17, 15) is 0 Å². The summed E-state index contributed by atoms with van der Waals surface area (Å²) >= 11 is 0. The maximum Gasteiger partial charge on any atom is 0.113 e. The summed E-state index contributed by atoms with van der Waals surface area (Å²) in [7, 11) is 0. The lowest BCUT2D eigenvalue weighted by atomic mass is 10.2. The van der Waals surface area contributed by atoms with Crippen molar-refractivity contribution in [2.24, 2.45) is 0 Å². The van der Waals surface area contributed by atoms with Gasteiger partial charge in [-0.25, -0.2) is 4.98 Å². The quantitative estimate of drug-likeness (QED) is 0.600. The summed E-state index contributed by atoms with van der Waals surface area (Å²) in [6, 6.07) is 16.0. The minimum absolute atomic E-state index is 0.675. The molecule has 2 rings (SSSR count). The van der Waals surface area contributed by atoms with Gasteiger partial charge in [0.2, 0.25) is 0 Å². The molecule has 0 atom stereocenters. The van der Waals surface area contributed by atoms with Gasteiger partial charge in [-0.3, -0.25) is 0 Å². The molecule has 1 heterocycles. The van der Waals surface area contributed by atoms with Crippen molar-refractivity contribution in [3.8, 4) is 11.8 Å². The van der Waals surface area contributed by atoms with E-state index < -0.39 is 0 Å². The fourth-order valence-corrected chi connectivity index (χ4v) is 1.62. The van der Waals surface area contributed by atoms with Crippen molar-refractivity contribution in [3.05, 3.63) is 66.0 Å². The van der Waals surface area contributed by atoms with Crippen molar-refractivity contribution in [1.29, 1.82) is 0 Å². The lowest BCUT2D eigenvalue weighted by molar-refractivity contribution is 0.119. The van der Waals surface area contributed by atoms with Crippen molar-refractivity contribution in [2.45, 2.75) is 19.4 Å². The molecule has 0 saturated heterocycles. The molecule has 1 aromatic carbocycles. The van der Waals surface area contributed by atoms with E-state index in [-0.39, 0.29) is 0 Å². The number of ether oxygens (including phenoxy) is 1. The zero-order valence-corrected chi connectivity index (χ0v) is 10.9. The van der Waals surface area contributed by atoms with Crippen LogP contribution >= 0.6 is 0 Å². The molecule has 0 radical (unpaired) electrons. The molecule has 96 valence electrons. The van der Waals surface area contributed by atoms with E-state index in [2.05, 4.69) is 29.0 Å². The van der Waals surface area contributed by atoms with Gasteiger partial charge < -0.3 is 4.74 Å².